The second-order valence-electron chi connectivity index (χ2n) is 6.89. The van der Waals surface area contributed by atoms with Crippen LogP contribution in [0.2, 0.25) is 0 Å². The van der Waals surface area contributed by atoms with E-state index in [1.807, 2.05) is 0 Å². The summed E-state index contributed by atoms with van der Waals surface area (Å²) in [4.78, 5) is 30.3. The molecule has 1 aromatic rings. The Labute approximate surface area is 186 Å². The molecule has 1 saturated heterocycles. The smallest absolute Gasteiger partial charge is 0.248 e. The van der Waals surface area contributed by atoms with Crippen LogP contribution in [-0.4, -0.2) is 80.6 Å². The number of allylic oxidation sites excluding steroid dienone is 3. The number of nitrogens with zero attached hydrogens (tertiary/aromatic N) is 3. The number of hydrogen-bond acceptors (Lipinski definition) is 8. The fraction of sp³-hybridized carbons (Fsp3) is 0.318. The lowest BCUT2D eigenvalue weighted by molar-refractivity contribution is -0.133. The zero-order chi connectivity index (χ0) is 23.7. The van der Waals surface area contributed by atoms with Crippen molar-refractivity contribution in [2.24, 2.45) is 0 Å². The van der Waals surface area contributed by atoms with Crippen molar-refractivity contribution in [1.29, 1.82) is 0 Å². The van der Waals surface area contributed by atoms with E-state index in [9.17, 15) is 19.8 Å². The zero-order valence-electron chi connectivity index (χ0n) is 17.7. The molecule has 1 aliphatic rings. The maximum atomic E-state index is 12.5. The number of aromatic nitrogens is 1. The molecule has 2 amide bonds. The van der Waals surface area contributed by atoms with Gasteiger partial charge in [0.1, 0.15) is 29.8 Å². The Kier molecular flexibility index (Phi) is 9.29. The fourth-order valence-corrected chi connectivity index (χ4v) is 2.91. The van der Waals surface area contributed by atoms with E-state index < -0.39 is 37.1 Å². The van der Waals surface area contributed by atoms with Crippen molar-refractivity contribution in [3.05, 3.63) is 73.4 Å². The summed E-state index contributed by atoms with van der Waals surface area (Å²) in [6, 6.07) is 3.33. The minimum Gasteiger partial charge on any atom is -0.457 e. The van der Waals surface area contributed by atoms with E-state index in [4.69, 9.17) is 14.6 Å². The van der Waals surface area contributed by atoms with Crippen molar-refractivity contribution >= 4 is 12.3 Å². The summed E-state index contributed by atoms with van der Waals surface area (Å²) in [6.45, 7) is 6.90. The van der Waals surface area contributed by atoms with Gasteiger partial charge < -0.3 is 29.7 Å². The van der Waals surface area contributed by atoms with Gasteiger partial charge >= 0.3 is 0 Å². The summed E-state index contributed by atoms with van der Waals surface area (Å²) in [5, 5.41) is 29.0. The fourth-order valence-electron chi connectivity index (χ4n) is 2.91. The summed E-state index contributed by atoms with van der Waals surface area (Å²) in [6.07, 6.45) is 3.85. The number of rotatable bonds is 11. The summed E-state index contributed by atoms with van der Waals surface area (Å²) >= 11 is 0. The quantitative estimate of drug-likeness (QED) is 0.189. The number of hydrogen-bond donors (Lipinski definition) is 3. The SMILES string of the molecule is C=C/C=C(\C=C)Oc1ccnc(CN(C)C(=O)/C=C\N(C=O)C2OC(CO)C(O)C2O)c1. The van der Waals surface area contributed by atoms with Gasteiger partial charge in [0.25, 0.3) is 0 Å². The van der Waals surface area contributed by atoms with Gasteiger partial charge in [-0.15, -0.1) is 0 Å². The standard InChI is InChI=1S/C22H27N3O7/c1-4-6-16(5-2)31-17-7-9-23-15(11-17)12-24(3)19(28)8-10-25(14-27)22-21(30)20(29)18(13-26)32-22/h4-11,14,18,20-22,26,29-30H,1-2,12-13H2,3H3/b10-8-,16-6+. The van der Waals surface area contributed by atoms with Crippen molar-refractivity contribution in [2.45, 2.75) is 31.1 Å². The van der Waals surface area contributed by atoms with Crippen LogP contribution in [0.5, 0.6) is 5.75 Å². The molecule has 2 heterocycles. The minimum absolute atomic E-state index is 0.157. The molecular formula is C22H27N3O7. The maximum absolute atomic E-state index is 12.5. The number of pyridine rings is 1. The van der Waals surface area contributed by atoms with Crippen LogP contribution in [0.15, 0.2) is 67.8 Å². The van der Waals surface area contributed by atoms with Gasteiger partial charge in [0.15, 0.2) is 6.23 Å². The molecule has 0 saturated carbocycles. The molecule has 0 aromatic carbocycles. The van der Waals surface area contributed by atoms with Crippen molar-refractivity contribution in [1.82, 2.24) is 14.8 Å². The normalized spacial score (nSPS) is 23.1. The first kappa shape index (κ1) is 25.0. The summed E-state index contributed by atoms with van der Waals surface area (Å²) in [5.74, 6) is 0.564. The van der Waals surface area contributed by atoms with Crippen molar-refractivity contribution in [2.75, 3.05) is 13.7 Å². The predicted octanol–water partition coefficient (Wildman–Crippen LogP) is 0.0858. The lowest BCUT2D eigenvalue weighted by Gasteiger charge is -2.23. The largest absolute Gasteiger partial charge is 0.457 e. The van der Waals surface area contributed by atoms with Crippen LogP contribution >= 0.6 is 0 Å². The summed E-state index contributed by atoms with van der Waals surface area (Å²) in [7, 11) is 1.55. The van der Waals surface area contributed by atoms with Gasteiger partial charge in [0.2, 0.25) is 12.3 Å². The summed E-state index contributed by atoms with van der Waals surface area (Å²) < 4.78 is 10.9. The topological polar surface area (TPSA) is 133 Å². The maximum Gasteiger partial charge on any atom is 0.248 e. The van der Waals surface area contributed by atoms with Gasteiger partial charge in [0, 0.05) is 31.6 Å². The molecule has 3 N–H and O–H groups in total. The molecule has 0 spiro atoms. The van der Waals surface area contributed by atoms with Crippen LogP contribution in [0.4, 0.5) is 0 Å². The van der Waals surface area contributed by atoms with Crippen molar-refractivity contribution < 1.29 is 34.4 Å². The monoisotopic (exact) mass is 445 g/mol. The first-order valence-electron chi connectivity index (χ1n) is 9.71. The lowest BCUT2D eigenvalue weighted by atomic mass is 10.1. The molecule has 2 rings (SSSR count). The average molecular weight is 445 g/mol. The minimum atomic E-state index is -1.43. The number of aliphatic hydroxyl groups excluding tert-OH is 3. The Balaban J connectivity index is 2.02. The van der Waals surface area contributed by atoms with Gasteiger partial charge in [-0.3, -0.25) is 19.5 Å². The molecule has 1 fully saturated rings. The third kappa shape index (κ3) is 6.34. The molecule has 4 unspecified atom stereocenters. The average Bonchev–Trinajstić information content (AvgIpc) is 3.07. The molecule has 10 heteroatoms. The van der Waals surface area contributed by atoms with Gasteiger partial charge in [-0.1, -0.05) is 19.2 Å². The third-order valence-corrected chi connectivity index (χ3v) is 4.60. The van der Waals surface area contributed by atoms with E-state index in [1.165, 1.54) is 11.0 Å². The van der Waals surface area contributed by atoms with Gasteiger partial charge in [0.05, 0.1) is 18.8 Å². The van der Waals surface area contributed by atoms with E-state index in [2.05, 4.69) is 18.1 Å². The Hall–Kier alpha value is -3.31. The molecule has 172 valence electrons. The Bertz CT molecular complexity index is 886. The van der Waals surface area contributed by atoms with Crippen LogP contribution in [0.25, 0.3) is 0 Å². The van der Waals surface area contributed by atoms with Crippen LogP contribution < -0.4 is 4.74 Å². The van der Waals surface area contributed by atoms with E-state index in [0.29, 0.717) is 23.6 Å². The molecule has 0 aliphatic carbocycles. The van der Waals surface area contributed by atoms with E-state index in [1.54, 1.807) is 37.5 Å². The van der Waals surface area contributed by atoms with Crippen LogP contribution in [-0.2, 0) is 20.9 Å². The molecule has 0 bridgehead atoms. The second kappa shape index (κ2) is 11.9. The third-order valence-electron chi connectivity index (χ3n) is 4.60. The number of likely N-dealkylation sites (N-methyl/N-ethyl adjacent to an activating group) is 1. The number of amides is 2. The van der Waals surface area contributed by atoms with Gasteiger partial charge in [-0.05, 0) is 18.2 Å². The van der Waals surface area contributed by atoms with Gasteiger partial charge in [-0.25, -0.2) is 0 Å². The Morgan fingerprint density at radius 3 is 2.69 bits per heavy atom. The lowest BCUT2D eigenvalue weighted by Crippen LogP contribution is -2.41. The Morgan fingerprint density at radius 1 is 1.34 bits per heavy atom. The highest BCUT2D eigenvalue weighted by molar-refractivity contribution is 5.87. The number of carbonyl (C=O) groups excluding carboxylic acids is 2. The number of aliphatic hydroxyl groups is 3. The highest BCUT2D eigenvalue weighted by Gasteiger charge is 2.44. The molecule has 1 aromatic heterocycles. The molecule has 10 nitrogen and oxygen atoms in total. The number of carbonyl (C=O) groups is 2. The zero-order valence-corrected chi connectivity index (χ0v) is 17.7. The molecule has 1 aliphatic heterocycles. The molecular weight excluding hydrogens is 418 g/mol. The highest BCUT2D eigenvalue weighted by Crippen LogP contribution is 2.23. The van der Waals surface area contributed by atoms with Crippen molar-refractivity contribution in [3.63, 3.8) is 0 Å². The molecule has 0 radical (unpaired) electrons. The van der Waals surface area contributed by atoms with Crippen LogP contribution in [0.3, 0.4) is 0 Å². The molecule has 4 atom stereocenters. The van der Waals surface area contributed by atoms with Crippen LogP contribution in [0.1, 0.15) is 5.69 Å². The first-order chi connectivity index (χ1) is 15.3. The summed E-state index contributed by atoms with van der Waals surface area (Å²) in [5.41, 5.74) is 0.560. The highest BCUT2D eigenvalue weighted by atomic mass is 16.6. The van der Waals surface area contributed by atoms with Crippen molar-refractivity contribution in [3.8, 4) is 5.75 Å². The van der Waals surface area contributed by atoms with Gasteiger partial charge in [-0.2, -0.15) is 0 Å². The van der Waals surface area contributed by atoms with E-state index in [-0.39, 0.29) is 6.54 Å². The van der Waals surface area contributed by atoms with E-state index in [0.717, 1.165) is 17.2 Å². The Morgan fingerprint density at radius 2 is 2.09 bits per heavy atom. The van der Waals surface area contributed by atoms with E-state index >= 15 is 0 Å². The molecule has 32 heavy (non-hydrogen) atoms. The first-order valence-corrected chi connectivity index (χ1v) is 9.71. The second-order valence-corrected chi connectivity index (χ2v) is 6.89. The number of ether oxygens (including phenoxy) is 2. The predicted molar refractivity (Wildman–Crippen MR) is 115 cm³/mol. The van der Waals surface area contributed by atoms with Crippen LogP contribution in [0, 0.1) is 0 Å².